The van der Waals surface area contributed by atoms with Gasteiger partial charge in [-0.1, -0.05) is 54.6 Å². The lowest BCUT2D eigenvalue weighted by Gasteiger charge is -2.36. The molecule has 1 aliphatic carbocycles. The van der Waals surface area contributed by atoms with Crippen molar-refractivity contribution in [2.24, 2.45) is 0 Å². The van der Waals surface area contributed by atoms with Gasteiger partial charge in [-0.3, -0.25) is 0 Å². The molecule has 0 aliphatic heterocycles. The Morgan fingerprint density at radius 2 is 1.77 bits per heavy atom. The third kappa shape index (κ3) is 4.91. The summed E-state index contributed by atoms with van der Waals surface area (Å²) < 4.78 is 5.58. The van der Waals surface area contributed by atoms with Crippen LogP contribution in [0.5, 0.6) is 5.75 Å². The molecule has 31 heavy (non-hydrogen) atoms. The number of rotatable bonds is 6. The summed E-state index contributed by atoms with van der Waals surface area (Å²) in [6.45, 7) is 5.18. The number of hydrogen-bond donors (Lipinski definition) is 1. The summed E-state index contributed by atoms with van der Waals surface area (Å²) in [5.41, 5.74) is 5.61. The van der Waals surface area contributed by atoms with Crippen LogP contribution < -0.4 is 10.1 Å². The van der Waals surface area contributed by atoms with Crippen LogP contribution in [0.1, 0.15) is 48.1 Å². The van der Waals surface area contributed by atoms with E-state index in [0.717, 1.165) is 41.8 Å². The van der Waals surface area contributed by atoms with E-state index in [1.807, 2.05) is 67.3 Å². The Balaban J connectivity index is 1.64. The predicted octanol–water partition coefficient (Wildman–Crippen LogP) is 6.51. The van der Waals surface area contributed by atoms with Gasteiger partial charge in [-0.2, -0.15) is 0 Å². The number of fused-ring (bicyclic) bond motifs is 1. The first-order valence-corrected chi connectivity index (χ1v) is 11.1. The lowest BCUT2D eigenvalue weighted by molar-refractivity contribution is 0.175. The molecule has 4 nitrogen and oxygen atoms in total. The average Bonchev–Trinajstić information content (AvgIpc) is 2.80. The molecule has 2 amide bonds. The minimum Gasteiger partial charge on any atom is -0.494 e. The highest BCUT2D eigenvalue weighted by atomic mass is 16.5. The number of nitrogens with one attached hydrogen (secondary N) is 1. The predicted molar refractivity (Wildman–Crippen MR) is 125 cm³/mol. The van der Waals surface area contributed by atoms with Crippen molar-refractivity contribution in [2.75, 3.05) is 11.9 Å². The molecule has 0 saturated heterocycles. The molecule has 0 bridgehead atoms. The Hall–Kier alpha value is -3.27. The summed E-state index contributed by atoms with van der Waals surface area (Å²) in [6.07, 6.45) is 3.12. The molecular formula is C27H30N2O2. The van der Waals surface area contributed by atoms with Crippen molar-refractivity contribution in [1.82, 2.24) is 4.90 Å². The lowest BCUT2D eigenvalue weighted by Crippen LogP contribution is -2.39. The van der Waals surface area contributed by atoms with Gasteiger partial charge in [-0.15, -0.1) is 0 Å². The molecular weight excluding hydrogens is 384 g/mol. The number of nitrogens with zero attached hydrogens (tertiary/aromatic N) is 1. The van der Waals surface area contributed by atoms with Crippen LogP contribution in [-0.4, -0.2) is 17.5 Å². The topological polar surface area (TPSA) is 41.6 Å². The maximum atomic E-state index is 13.5. The van der Waals surface area contributed by atoms with E-state index in [0.29, 0.717) is 13.2 Å². The maximum absolute atomic E-state index is 13.5. The minimum atomic E-state index is -0.0649. The highest BCUT2D eigenvalue weighted by Crippen LogP contribution is 2.35. The molecule has 3 aromatic carbocycles. The fraction of sp³-hybridized carbons (Fsp3) is 0.296. The van der Waals surface area contributed by atoms with E-state index in [2.05, 4.69) is 29.6 Å². The number of aryl methyl sites for hydroxylation is 2. The number of ether oxygens (including phenoxy) is 1. The van der Waals surface area contributed by atoms with Gasteiger partial charge in [0.2, 0.25) is 0 Å². The number of para-hydroxylation sites is 1. The van der Waals surface area contributed by atoms with Crippen LogP contribution in [0.15, 0.2) is 72.8 Å². The first-order chi connectivity index (χ1) is 15.2. The number of hydrogen-bond acceptors (Lipinski definition) is 2. The van der Waals surface area contributed by atoms with E-state index >= 15 is 0 Å². The van der Waals surface area contributed by atoms with E-state index in [9.17, 15) is 4.79 Å². The van der Waals surface area contributed by atoms with Crippen molar-refractivity contribution in [3.63, 3.8) is 0 Å². The Morgan fingerprint density at radius 1 is 1.03 bits per heavy atom. The highest BCUT2D eigenvalue weighted by Gasteiger charge is 2.29. The molecule has 160 valence electrons. The summed E-state index contributed by atoms with van der Waals surface area (Å²) >= 11 is 0. The quantitative estimate of drug-likeness (QED) is 0.500. The zero-order valence-corrected chi connectivity index (χ0v) is 18.3. The van der Waals surface area contributed by atoms with E-state index in [-0.39, 0.29) is 12.1 Å². The molecule has 1 unspecified atom stereocenters. The van der Waals surface area contributed by atoms with Gasteiger partial charge >= 0.3 is 6.03 Å². The van der Waals surface area contributed by atoms with Gasteiger partial charge in [0.1, 0.15) is 5.75 Å². The standard InChI is InChI=1S/C27H30N2O2/c1-3-31-23-17-15-21(16-18-23)19-29(27(30)28-25-13-7-4-9-20(25)2)26-14-8-11-22-10-5-6-12-24(22)26/h4-7,9-10,12-13,15-18,26H,3,8,11,14,19H2,1-2H3,(H,28,30). The summed E-state index contributed by atoms with van der Waals surface area (Å²) in [7, 11) is 0. The Morgan fingerprint density at radius 3 is 2.55 bits per heavy atom. The Bertz CT molecular complexity index is 1030. The fourth-order valence-corrected chi connectivity index (χ4v) is 4.33. The molecule has 4 heteroatoms. The summed E-state index contributed by atoms with van der Waals surface area (Å²) in [5, 5.41) is 3.15. The molecule has 0 heterocycles. The number of anilines is 1. The zero-order chi connectivity index (χ0) is 21.6. The second-order valence-electron chi connectivity index (χ2n) is 8.06. The summed E-state index contributed by atoms with van der Waals surface area (Å²) in [4.78, 5) is 15.5. The van der Waals surface area contributed by atoms with Gasteiger partial charge in [-0.05, 0) is 73.6 Å². The van der Waals surface area contributed by atoms with Crippen LogP contribution in [-0.2, 0) is 13.0 Å². The molecule has 0 aromatic heterocycles. The van der Waals surface area contributed by atoms with Gasteiger partial charge in [0.25, 0.3) is 0 Å². The van der Waals surface area contributed by atoms with Crippen molar-refractivity contribution in [3.05, 3.63) is 95.1 Å². The van der Waals surface area contributed by atoms with Crippen LogP contribution in [0, 0.1) is 6.92 Å². The number of carbonyl (C=O) groups excluding carboxylic acids is 1. The minimum absolute atomic E-state index is 0.0561. The summed E-state index contributed by atoms with van der Waals surface area (Å²) in [6, 6.07) is 24.5. The van der Waals surface area contributed by atoms with Crippen LogP contribution >= 0.6 is 0 Å². The first-order valence-electron chi connectivity index (χ1n) is 11.1. The van der Waals surface area contributed by atoms with Crippen molar-refractivity contribution in [1.29, 1.82) is 0 Å². The molecule has 0 fully saturated rings. The van der Waals surface area contributed by atoms with Gasteiger partial charge < -0.3 is 15.0 Å². The van der Waals surface area contributed by atoms with Crippen molar-refractivity contribution in [2.45, 2.75) is 45.7 Å². The molecule has 0 spiro atoms. The lowest BCUT2D eigenvalue weighted by atomic mass is 9.86. The van der Waals surface area contributed by atoms with Crippen molar-refractivity contribution >= 4 is 11.7 Å². The fourth-order valence-electron chi connectivity index (χ4n) is 4.33. The molecule has 0 radical (unpaired) electrons. The molecule has 1 atom stereocenters. The highest BCUT2D eigenvalue weighted by molar-refractivity contribution is 5.90. The molecule has 4 rings (SSSR count). The smallest absolute Gasteiger partial charge is 0.322 e. The van der Waals surface area contributed by atoms with E-state index in [1.165, 1.54) is 11.1 Å². The van der Waals surface area contributed by atoms with E-state index in [4.69, 9.17) is 4.74 Å². The van der Waals surface area contributed by atoms with Crippen LogP contribution in [0.3, 0.4) is 0 Å². The number of urea groups is 1. The second-order valence-corrected chi connectivity index (χ2v) is 8.06. The number of carbonyl (C=O) groups is 1. The molecule has 1 N–H and O–H groups in total. The summed E-state index contributed by atoms with van der Waals surface area (Å²) in [5.74, 6) is 0.852. The van der Waals surface area contributed by atoms with Crippen LogP contribution in [0.25, 0.3) is 0 Å². The Labute approximate surface area is 184 Å². The number of benzene rings is 3. The maximum Gasteiger partial charge on any atom is 0.322 e. The van der Waals surface area contributed by atoms with Crippen LogP contribution in [0.2, 0.25) is 0 Å². The molecule has 3 aromatic rings. The normalized spacial score (nSPS) is 15.1. The van der Waals surface area contributed by atoms with E-state index < -0.39 is 0 Å². The second kappa shape index (κ2) is 9.69. The van der Waals surface area contributed by atoms with Crippen molar-refractivity contribution < 1.29 is 9.53 Å². The SMILES string of the molecule is CCOc1ccc(CN(C(=O)Nc2ccccc2C)C2CCCc3ccccc32)cc1. The largest absolute Gasteiger partial charge is 0.494 e. The van der Waals surface area contributed by atoms with Gasteiger partial charge in [0, 0.05) is 12.2 Å². The molecule has 1 aliphatic rings. The average molecular weight is 415 g/mol. The first kappa shape index (κ1) is 21.0. The van der Waals surface area contributed by atoms with Gasteiger partial charge in [0.05, 0.1) is 12.6 Å². The van der Waals surface area contributed by atoms with E-state index in [1.54, 1.807) is 0 Å². The third-order valence-electron chi connectivity index (χ3n) is 5.95. The third-order valence-corrected chi connectivity index (χ3v) is 5.95. The zero-order valence-electron chi connectivity index (χ0n) is 18.3. The van der Waals surface area contributed by atoms with Gasteiger partial charge in [-0.25, -0.2) is 4.79 Å². The van der Waals surface area contributed by atoms with Crippen molar-refractivity contribution in [3.8, 4) is 5.75 Å². The molecule has 0 saturated carbocycles. The monoisotopic (exact) mass is 414 g/mol. The Kier molecular flexibility index (Phi) is 6.56. The van der Waals surface area contributed by atoms with Crippen LogP contribution in [0.4, 0.5) is 10.5 Å². The number of amides is 2. The van der Waals surface area contributed by atoms with Gasteiger partial charge in [0.15, 0.2) is 0 Å².